The van der Waals surface area contributed by atoms with Crippen molar-refractivity contribution < 1.29 is 9.32 Å². The van der Waals surface area contributed by atoms with Gasteiger partial charge in [0.15, 0.2) is 5.52 Å². The number of benzene rings is 1. The number of nitrogens with zero attached hydrogens (tertiary/aromatic N) is 3. The summed E-state index contributed by atoms with van der Waals surface area (Å²) in [7, 11) is 0. The predicted octanol–water partition coefficient (Wildman–Crippen LogP) is 1.92. The molecule has 0 aliphatic carbocycles. The first-order chi connectivity index (χ1) is 12.0. The first-order valence-electron chi connectivity index (χ1n) is 8.12. The number of nitrogens with one attached hydrogen (secondary N) is 1. The van der Waals surface area contributed by atoms with E-state index in [1.54, 1.807) is 13.8 Å². The third-order valence-electron chi connectivity index (χ3n) is 4.20. The highest BCUT2D eigenvalue weighted by Crippen LogP contribution is 2.16. The molecule has 0 bridgehead atoms. The zero-order valence-electron chi connectivity index (χ0n) is 14.4. The summed E-state index contributed by atoms with van der Waals surface area (Å²) in [6.07, 6.45) is 0. The van der Waals surface area contributed by atoms with Crippen LogP contribution in [0, 0.1) is 13.8 Å². The Morgan fingerprint density at radius 3 is 2.72 bits per heavy atom. The number of rotatable bonds is 5. The molecular formula is C18H20N4O3. The zero-order valence-corrected chi connectivity index (χ0v) is 14.4. The lowest BCUT2D eigenvalue weighted by atomic mass is 10.0. The van der Waals surface area contributed by atoms with Crippen LogP contribution in [0.1, 0.15) is 29.9 Å². The molecule has 0 aliphatic heterocycles. The van der Waals surface area contributed by atoms with E-state index in [9.17, 15) is 9.59 Å². The van der Waals surface area contributed by atoms with E-state index >= 15 is 0 Å². The summed E-state index contributed by atoms with van der Waals surface area (Å²) in [4.78, 5) is 24.6. The molecule has 1 aromatic carbocycles. The summed E-state index contributed by atoms with van der Waals surface area (Å²) in [6.45, 7) is 5.86. The monoisotopic (exact) mass is 340 g/mol. The maximum absolute atomic E-state index is 12.4. The van der Waals surface area contributed by atoms with Crippen LogP contribution in [0.15, 0.2) is 39.6 Å². The van der Waals surface area contributed by atoms with E-state index in [2.05, 4.69) is 15.6 Å². The molecule has 25 heavy (non-hydrogen) atoms. The van der Waals surface area contributed by atoms with E-state index in [4.69, 9.17) is 4.52 Å². The van der Waals surface area contributed by atoms with Crippen LogP contribution < -0.4 is 10.9 Å². The maximum Gasteiger partial charge on any atom is 0.297 e. The van der Waals surface area contributed by atoms with Gasteiger partial charge in [-0.05, 0) is 25.3 Å². The molecule has 0 saturated carbocycles. The number of carbonyl (C=O) groups excluding carboxylic acids is 1. The van der Waals surface area contributed by atoms with E-state index in [1.165, 1.54) is 0 Å². The van der Waals surface area contributed by atoms with Gasteiger partial charge in [0.1, 0.15) is 12.3 Å². The summed E-state index contributed by atoms with van der Waals surface area (Å²) < 4.78 is 6.19. The number of aromatic nitrogens is 3. The van der Waals surface area contributed by atoms with Crippen LogP contribution in [0.4, 0.5) is 0 Å². The molecule has 7 heteroatoms. The minimum Gasteiger partial charge on any atom is -0.360 e. The highest BCUT2D eigenvalue weighted by Gasteiger charge is 2.16. The topological polar surface area (TPSA) is 90.0 Å². The van der Waals surface area contributed by atoms with Gasteiger partial charge < -0.3 is 9.84 Å². The molecule has 0 saturated heterocycles. The van der Waals surface area contributed by atoms with Crippen LogP contribution in [-0.2, 0) is 11.3 Å². The van der Waals surface area contributed by atoms with Crippen LogP contribution in [-0.4, -0.2) is 27.4 Å². The quantitative estimate of drug-likeness (QED) is 0.766. The van der Waals surface area contributed by atoms with Gasteiger partial charge in [-0.25, -0.2) is 4.68 Å². The third-order valence-corrected chi connectivity index (χ3v) is 4.20. The van der Waals surface area contributed by atoms with E-state index in [1.807, 2.05) is 37.3 Å². The van der Waals surface area contributed by atoms with Gasteiger partial charge >= 0.3 is 0 Å². The second-order valence-electron chi connectivity index (χ2n) is 6.13. The molecule has 7 nitrogen and oxygen atoms in total. The molecule has 2 aromatic heterocycles. The lowest BCUT2D eigenvalue weighted by Gasteiger charge is -2.13. The summed E-state index contributed by atoms with van der Waals surface area (Å²) in [5.41, 5.74) is 1.53. The Morgan fingerprint density at radius 2 is 2.00 bits per heavy atom. The van der Waals surface area contributed by atoms with E-state index in [-0.39, 0.29) is 23.9 Å². The Hall–Kier alpha value is -2.96. The minimum atomic E-state index is -0.427. The molecule has 3 rings (SSSR count). The number of aryl methyl sites for hydroxylation is 2. The number of fused-ring (bicyclic) bond motifs is 1. The van der Waals surface area contributed by atoms with E-state index in [0.717, 1.165) is 10.2 Å². The molecule has 0 radical (unpaired) electrons. The van der Waals surface area contributed by atoms with Crippen LogP contribution in [0.5, 0.6) is 0 Å². The van der Waals surface area contributed by atoms with Crippen molar-refractivity contribution in [3.05, 3.63) is 57.7 Å². The van der Waals surface area contributed by atoms with Crippen molar-refractivity contribution in [3.63, 3.8) is 0 Å². The van der Waals surface area contributed by atoms with E-state index < -0.39 is 5.56 Å². The van der Waals surface area contributed by atoms with Gasteiger partial charge in [-0.1, -0.05) is 42.4 Å². The minimum absolute atomic E-state index is 0.150. The van der Waals surface area contributed by atoms with Crippen molar-refractivity contribution in [3.8, 4) is 0 Å². The van der Waals surface area contributed by atoms with E-state index in [0.29, 0.717) is 23.4 Å². The Bertz CT molecular complexity index is 960. The summed E-state index contributed by atoms with van der Waals surface area (Å²) >= 11 is 0. The Morgan fingerprint density at radius 1 is 1.28 bits per heavy atom. The molecular weight excluding hydrogens is 320 g/mol. The molecule has 2 heterocycles. The Labute approximate surface area is 144 Å². The van der Waals surface area contributed by atoms with Crippen molar-refractivity contribution in [2.75, 3.05) is 6.54 Å². The Balaban J connectivity index is 1.70. The van der Waals surface area contributed by atoms with Gasteiger partial charge in [-0.2, -0.15) is 5.10 Å². The molecule has 1 amide bonds. The zero-order chi connectivity index (χ0) is 18.0. The van der Waals surface area contributed by atoms with Crippen molar-refractivity contribution in [1.29, 1.82) is 0 Å². The molecule has 0 unspecified atom stereocenters. The van der Waals surface area contributed by atoms with Gasteiger partial charge in [0, 0.05) is 6.54 Å². The highest BCUT2D eigenvalue weighted by atomic mass is 16.5. The number of hydrogen-bond acceptors (Lipinski definition) is 5. The normalized spacial score (nSPS) is 12.3. The largest absolute Gasteiger partial charge is 0.360 e. The van der Waals surface area contributed by atoms with Gasteiger partial charge in [0.25, 0.3) is 5.56 Å². The number of hydrogen-bond donors (Lipinski definition) is 1. The van der Waals surface area contributed by atoms with Crippen molar-refractivity contribution in [2.24, 2.45) is 0 Å². The molecule has 0 spiro atoms. The Kier molecular flexibility index (Phi) is 4.65. The SMILES string of the molecule is Cc1nn(CC(=O)NC[C@H](C)c2ccccc2)c(=O)c2noc(C)c12. The van der Waals surface area contributed by atoms with Crippen molar-refractivity contribution in [1.82, 2.24) is 20.3 Å². The number of carbonyl (C=O) groups is 1. The van der Waals surface area contributed by atoms with Crippen molar-refractivity contribution >= 4 is 16.8 Å². The lowest BCUT2D eigenvalue weighted by Crippen LogP contribution is -2.35. The van der Waals surface area contributed by atoms with Gasteiger partial charge in [0.05, 0.1) is 11.1 Å². The standard InChI is InChI=1S/C18H20N4O3/c1-11(14-7-5-4-6-8-14)9-19-15(23)10-22-18(24)17-16(12(2)20-22)13(3)25-21-17/h4-8,11H,9-10H2,1-3H3,(H,19,23)/t11-/m0/s1. The molecule has 0 aliphatic rings. The van der Waals surface area contributed by atoms with Gasteiger partial charge in [-0.3, -0.25) is 9.59 Å². The third kappa shape index (κ3) is 3.45. The maximum atomic E-state index is 12.4. The second kappa shape index (κ2) is 6.88. The second-order valence-corrected chi connectivity index (χ2v) is 6.13. The van der Waals surface area contributed by atoms with Crippen molar-refractivity contribution in [2.45, 2.75) is 33.2 Å². The average molecular weight is 340 g/mol. The fourth-order valence-corrected chi connectivity index (χ4v) is 2.81. The highest BCUT2D eigenvalue weighted by molar-refractivity contribution is 5.82. The lowest BCUT2D eigenvalue weighted by molar-refractivity contribution is -0.121. The smallest absolute Gasteiger partial charge is 0.297 e. The first-order valence-corrected chi connectivity index (χ1v) is 8.12. The molecule has 1 N–H and O–H groups in total. The molecule has 3 aromatic rings. The van der Waals surface area contributed by atoms with Crippen LogP contribution in [0.25, 0.3) is 10.9 Å². The predicted molar refractivity (Wildman–Crippen MR) is 93.4 cm³/mol. The first kappa shape index (κ1) is 16.9. The average Bonchev–Trinajstić information content (AvgIpc) is 3.00. The number of amides is 1. The fraction of sp³-hybridized carbons (Fsp3) is 0.333. The van der Waals surface area contributed by atoms with Crippen LogP contribution in [0.3, 0.4) is 0 Å². The molecule has 1 atom stereocenters. The fourth-order valence-electron chi connectivity index (χ4n) is 2.81. The van der Waals surface area contributed by atoms with Crippen LogP contribution in [0.2, 0.25) is 0 Å². The van der Waals surface area contributed by atoms with Gasteiger partial charge in [0.2, 0.25) is 5.91 Å². The van der Waals surface area contributed by atoms with Crippen LogP contribution >= 0.6 is 0 Å². The summed E-state index contributed by atoms with van der Waals surface area (Å²) in [5.74, 6) is 0.457. The molecule has 130 valence electrons. The van der Waals surface area contributed by atoms with Gasteiger partial charge in [-0.15, -0.1) is 0 Å². The molecule has 0 fully saturated rings. The summed E-state index contributed by atoms with van der Waals surface area (Å²) in [5, 5.41) is 11.4. The summed E-state index contributed by atoms with van der Waals surface area (Å²) in [6, 6.07) is 9.93.